The van der Waals surface area contributed by atoms with E-state index in [2.05, 4.69) is 29.9 Å². The summed E-state index contributed by atoms with van der Waals surface area (Å²) in [7, 11) is 2.07. The Bertz CT molecular complexity index is 297. The van der Waals surface area contributed by atoms with Gasteiger partial charge < -0.3 is 10.6 Å². The van der Waals surface area contributed by atoms with E-state index in [0.717, 1.165) is 17.9 Å². The third-order valence-corrected chi connectivity index (χ3v) is 2.52. The van der Waals surface area contributed by atoms with Crippen molar-refractivity contribution in [2.24, 2.45) is 5.73 Å². The summed E-state index contributed by atoms with van der Waals surface area (Å²) in [5, 5.41) is 0. The number of rotatable bonds is 5. The second-order valence-electron chi connectivity index (χ2n) is 3.98. The first-order valence-corrected chi connectivity index (χ1v) is 5.58. The van der Waals surface area contributed by atoms with Gasteiger partial charge in [0, 0.05) is 31.4 Å². The zero-order chi connectivity index (χ0) is 11.3. The van der Waals surface area contributed by atoms with Gasteiger partial charge in [-0.05, 0) is 19.4 Å². The highest BCUT2D eigenvalue weighted by Gasteiger charge is 2.10. The summed E-state index contributed by atoms with van der Waals surface area (Å²) in [4.78, 5) is 6.58. The fourth-order valence-corrected chi connectivity index (χ4v) is 1.58. The Kier molecular flexibility index (Phi) is 4.56. The van der Waals surface area contributed by atoms with Crippen molar-refractivity contribution < 1.29 is 0 Å². The molecule has 0 unspecified atom stereocenters. The van der Waals surface area contributed by atoms with Gasteiger partial charge in [-0.3, -0.25) is 0 Å². The van der Waals surface area contributed by atoms with Crippen LogP contribution in [0.3, 0.4) is 0 Å². The molecule has 1 heterocycles. The van der Waals surface area contributed by atoms with Crippen molar-refractivity contribution in [3.8, 4) is 0 Å². The van der Waals surface area contributed by atoms with Crippen molar-refractivity contribution in [2.75, 3.05) is 18.5 Å². The summed E-state index contributed by atoms with van der Waals surface area (Å²) >= 11 is 0. The van der Waals surface area contributed by atoms with Gasteiger partial charge in [-0.2, -0.15) is 0 Å². The normalized spacial score (nSPS) is 12.5. The molecule has 0 radical (unpaired) electrons. The smallest absolute Gasteiger partial charge is 0.133 e. The lowest BCUT2D eigenvalue weighted by Crippen LogP contribution is -2.22. The van der Waals surface area contributed by atoms with Gasteiger partial charge in [-0.25, -0.2) is 4.98 Å². The average Bonchev–Trinajstić information content (AvgIpc) is 2.25. The number of anilines is 1. The standard InChI is InChI=1S/C12H21N3/c1-4-5-9-15(3)12-11(10(2)13)7-6-8-14-12/h6-8,10H,4-5,9,13H2,1-3H3/t10-/m1/s1. The molecule has 2 N–H and O–H groups in total. The molecular weight excluding hydrogens is 186 g/mol. The lowest BCUT2D eigenvalue weighted by molar-refractivity contribution is 0.741. The van der Waals surface area contributed by atoms with E-state index in [9.17, 15) is 0 Å². The molecule has 0 fully saturated rings. The predicted molar refractivity (Wildman–Crippen MR) is 65.0 cm³/mol. The summed E-state index contributed by atoms with van der Waals surface area (Å²) < 4.78 is 0. The predicted octanol–water partition coefficient (Wildman–Crippen LogP) is 2.34. The maximum absolute atomic E-state index is 5.91. The highest BCUT2D eigenvalue weighted by molar-refractivity contribution is 5.47. The molecule has 15 heavy (non-hydrogen) atoms. The number of pyridine rings is 1. The van der Waals surface area contributed by atoms with Gasteiger partial charge in [0.25, 0.3) is 0 Å². The van der Waals surface area contributed by atoms with Crippen LogP contribution in [0, 0.1) is 0 Å². The largest absolute Gasteiger partial charge is 0.359 e. The Balaban J connectivity index is 2.82. The fourth-order valence-electron chi connectivity index (χ4n) is 1.58. The summed E-state index contributed by atoms with van der Waals surface area (Å²) in [6.45, 7) is 5.22. The van der Waals surface area contributed by atoms with E-state index in [1.165, 1.54) is 12.8 Å². The van der Waals surface area contributed by atoms with Crippen molar-refractivity contribution in [3.63, 3.8) is 0 Å². The van der Waals surface area contributed by atoms with Crippen LogP contribution < -0.4 is 10.6 Å². The van der Waals surface area contributed by atoms with Gasteiger partial charge in [0.05, 0.1) is 0 Å². The molecule has 0 aromatic carbocycles. The van der Waals surface area contributed by atoms with Gasteiger partial charge in [-0.1, -0.05) is 19.4 Å². The van der Waals surface area contributed by atoms with Gasteiger partial charge in [0.15, 0.2) is 0 Å². The third kappa shape index (κ3) is 3.20. The van der Waals surface area contributed by atoms with Crippen molar-refractivity contribution in [2.45, 2.75) is 32.7 Å². The van der Waals surface area contributed by atoms with E-state index in [0.29, 0.717) is 0 Å². The molecule has 3 heteroatoms. The van der Waals surface area contributed by atoms with E-state index in [-0.39, 0.29) is 6.04 Å². The Labute approximate surface area is 92.3 Å². The monoisotopic (exact) mass is 207 g/mol. The molecule has 1 atom stereocenters. The number of nitrogens with two attached hydrogens (primary N) is 1. The highest BCUT2D eigenvalue weighted by Crippen LogP contribution is 2.21. The lowest BCUT2D eigenvalue weighted by Gasteiger charge is -2.22. The second kappa shape index (κ2) is 5.71. The van der Waals surface area contributed by atoms with Crippen LogP contribution >= 0.6 is 0 Å². The zero-order valence-electron chi connectivity index (χ0n) is 9.90. The Hall–Kier alpha value is -1.09. The van der Waals surface area contributed by atoms with Crippen LogP contribution in [0.25, 0.3) is 0 Å². The quantitative estimate of drug-likeness (QED) is 0.805. The Morgan fingerprint density at radius 3 is 2.87 bits per heavy atom. The second-order valence-corrected chi connectivity index (χ2v) is 3.98. The molecule has 0 spiro atoms. The number of aromatic nitrogens is 1. The van der Waals surface area contributed by atoms with Crippen LogP contribution in [0.4, 0.5) is 5.82 Å². The van der Waals surface area contributed by atoms with E-state index in [4.69, 9.17) is 5.73 Å². The van der Waals surface area contributed by atoms with Gasteiger partial charge in [0.1, 0.15) is 5.82 Å². The van der Waals surface area contributed by atoms with E-state index < -0.39 is 0 Å². The maximum Gasteiger partial charge on any atom is 0.133 e. The third-order valence-electron chi connectivity index (χ3n) is 2.52. The van der Waals surface area contributed by atoms with Gasteiger partial charge in [-0.15, -0.1) is 0 Å². The van der Waals surface area contributed by atoms with E-state index in [1.54, 1.807) is 0 Å². The average molecular weight is 207 g/mol. The summed E-state index contributed by atoms with van der Waals surface area (Å²) in [5.41, 5.74) is 7.04. The molecule has 1 aromatic rings. The molecule has 0 amide bonds. The maximum atomic E-state index is 5.91. The summed E-state index contributed by atoms with van der Waals surface area (Å²) in [6, 6.07) is 4.03. The molecule has 0 aliphatic carbocycles. The van der Waals surface area contributed by atoms with E-state index in [1.807, 2.05) is 19.2 Å². The number of hydrogen-bond acceptors (Lipinski definition) is 3. The molecule has 1 aromatic heterocycles. The molecule has 0 saturated heterocycles. The van der Waals surface area contributed by atoms with Crippen LogP contribution in [0.5, 0.6) is 0 Å². The SMILES string of the molecule is CCCCN(C)c1ncccc1[C@@H](C)N. The summed E-state index contributed by atoms with van der Waals surface area (Å²) in [6.07, 6.45) is 4.21. The molecule has 0 aliphatic rings. The molecule has 1 rings (SSSR count). The van der Waals surface area contributed by atoms with E-state index >= 15 is 0 Å². The zero-order valence-corrected chi connectivity index (χ0v) is 9.90. The number of nitrogens with zero attached hydrogens (tertiary/aromatic N) is 2. The van der Waals surface area contributed by atoms with Crippen LogP contribution in [-0.4, -0.2) is 18.6 Å². The molecular formula is C12H21N3. The molecule has 84 valence electrons. The van der Waals surface area contributed by atoms with Crippen molar-refractivity contribution in [1.82, 2.24) is 4.98 Å². The van der Waals surface area contributed by atoms with Gasteiger partial charge >= 0.3 is 0 Å². The topological polar surface area (TPSA) is 42.2 Å². The van der Waals surface area contributed by atoms with Crippen LogP contribution in [-0.2, 0) is 0 Å². The number of hydrogen-bond donors (Lipinski definition) is 1. The first-order chi connectivity index (χ1) is 7.16. The summed E-state index contributed by atoms with van der Waals surface area (Å²) in [5.74, 6) is 1.01. The molecule has 0 bridgehead atoms. The molecule has 0 aliphatic heterocycles. The number of unbranched alkanes of at least 4 members (excludes halogenated alkanes) is 1. The lowest BCUT2D eigenvalue weighted by atomic mass is 10.1. The minimum absolute atomic E-state index is 0.0396. The van der Waals surface area contributed by atoms with Crippen molar-refractivity contribution in [3.05, 3.63) is 23.9 Å². The molecule has 0 saturated carbocycles. The van der Waals surface area contributed by atoms with Gasteiger partial charge in [0.2, 0.25) is 0 Å². The van der Waals surface area contributed by atoms with Crippen LogP contribution in [0.1, 0.15) is 38.3 Å². The minimum Gasteiger partial charge on any atom is -0.359 e. The Morgan fingerprint density at radius 1 is 1.53 bits per heavy atom. The highest BCUT2D eigenvalue weighted by atomic mass is 15.2. The fraction of sp³-hybridized carbons (Fsp3) is 0.583. The molecule has 3 nitrogen and oxygen atoms in total. The first-order valence-electron chi connectivity index (χ1n) is 5.58. The minimum atomic E-state index is 0.0396. The van der Waals surface area contributed by atoms with Crippen molar-refractivity contribution in [1.29, 1.82) is 0 Å². The Morgan fingerprint density at radius 2 is 2.27 bits per heavy atom. The van der Waals surface area contributed by atoms with Crippen molar-refractivity contribution >= 4 is 5.82 Å². The first kappa shape index (κ1) is 12.0. The van der Waals surface area contributed by atoms with Crippen LogP contribution in [0.2, 0.25) is 0 Å². The van der Waals surface area contributed by atoms with Crippen LogP contribution in [0.15, 0.2) is 18.3 Å².